The minimum absolute atomic E-state index is 0.00548. The van der Waals surface area contributed by atoms with Crippen molar-refractivity contribution in [1.29, 1.82) is 0 Å². The van der Waals surface area contributed by atoms with E-state index in [1.807, 2.05) is 0 Å². The summed E-state index contributed by atoms with van der Waals surface area (Å²) in [7, 11) is 1.28. The zero-order valence-electron chi connectivity index (χ0n) is 15.1. The zero-order valence-corrected chi connectivity index (χ0v) is 16.6. The summed E-state index contributed by atoms with van der Waals surface area (Å²) >= 11 is 3.09. The van der Waals surface area contributed by atoms with Gasteiger partial charge in [-0.05, 0) is 34.1 Å². The lowest BCUT2D eigenvalue weighted by molar-refractivity contribution is -0.0402. The molecule has 0 bridgehead atoms. The number of pyridine rings is 1. The molecule has 2 aromatic rings. The molecule has 1 aromatic carbocycles. The van der Waals surface area contributed by atoms with E-state index >= 15 is 0 Å². The van der Waals surface area contributed by atoms with Gasteiger partial charge in [-0.25, -0.2) is 9.18 Å². The topological polar surface area (TPSA) is 78.0 Å². The highest BCUT2D eigenvalue weighted by molar-refractivity contribution is 9.10. The molecule has 1 atom stereocenters. The van der Waals surface area contributed by atoms with Crippen LogP contribution < -0.4 is 4.74 Å². The summed E-state index contributed by atoms with van der Waals surface area (Å²) in [5.41, 5.74) is 0.275. The van der Waals surface area contributed by atoms with Crippen molar-refractivity contribution in [3.8, 4) is 5.75 Å². The van der Waals surface area contributed by atoms with Crippen molar-refractivity contribution in [2.45, 2.75) is 6.10 Å². The first-order valence-corrected chi connectivity index (χ1v) is 9.30. The van der Waals surface area contributed by atoms with Crippen LogP contribution in [0.3, 0.4) is 0 Å². The highest BCUT2D eigenvalue weighted by atomic mass is 79.9. The van der Waals surface area contributed by atoms with E-state index in [2.05, 4.69) is 25.7 Å². The molecule has 9 heteroatoms. The SMILES string of the molecule is COC(=O)c1cncc(OCC2CN(C(=O)c3cccc(Br)c3F)CCO2)c1. The van der Waals surface area contributed by atoms with Gasteiger partial charge in [-0.15, -0.1) is 0 Å². The third kappa shape index (κ3) is 4.66. The van der Waals surface area contributed by atoms with Gasteiger partial charge in [-0.1, -0.05) is 6.07 Å². The number of nitrogens with zero attached hydrogens (tertiary/aromatic N) is 2. The maximum absolute atomic E-state index is 14.2. The van der Waals surface area contributed by atoms with Gasteiger partial charge in [0.25, 0.3) is 5.91 Å². The molecule has 1 saturated heterocycles. The number of morpholine rings is 1. The van der Waals surface area contributed by atoms with Crippen LogP contribution in [0, 0.1) is 5.82 Å². The van der Waals surface area contributed by atoms with E-state index < -0.39 is 23.8 Å². The van der Waals surface area contributed by atoms with Crippen LogP contribution in [0.5, 0.6) is 5.75 Å². The Bertz CT molecular complexity index is 879. The quantitative estimate of drug-likeness (QED) is 0.649. The Morgan fingerprint density at radius 3 is 3.00 bits per heavy atom. The normalized spacial score (nSPS) is 16.5. The Morgan fingerprint density at radius 2 is 2.21 bits per heavy atom. The van der Waals surface area contributed by atoms with Crippen molar-refractivity contribution in [3.63, 3.8) is 0 Å². The van der Waals surface area contributed by atoms with Crippen LogP contribution in [0.25, 0.3) is 0 Å². The minimum Gasteiger partial charge on any atom is -0.489 e. The Hall–Kier alpha value is -2.52. The highest BCUT2D eigenvalue weighted by Gasteiger charge is 2.27. The molecule has 1 unspecified atom stereocenters. The van der Waals surface area contributed by atoms with E-state index in [9.17, 15) is 14.0 Å². The average Bonchev–Trinajstić information content (AvgIpc) is 2.73. The molecule has 1 amide bonds. The molecule has 148 valence electrons. The summed E-state index contributed by atoms with van der Waals surface area (Å²) in [5.74, 6) is -1.12. The fraction of sp³-hybridized carbons (Fsp3) is 0.316. The van der Waals surface area contributed by atoms with Gasteiger partial charge in [-0.2, -0.15) is 0 Å². The van der Waals surface area contributed by atoms with Gasteiger partial charge >= 0.3 is 5.97 Å². The van der Waals surface area contributed by atoms with Crippen molar-refractivity contribution >= 4 is 27.8 Å². The van der Waals surface area contributed by atoms with Crippen molar-refractivity contribution in [2.75, 3.05) is 33.4 Å². The molecule has 0 saturated carbocycles. The van der Waals surface area contributed by atoms with Crippen LogP contribution in [0.1, 0.15) is 20.7 Å². The molecule has 1 aliphatic heterocycles. The van der Waals surface area contributed by atoms with E-state index in [0.29, 0.717) is 18.9 Å². The third-order valence-corrected chi connectivity index (χ3v) is 4.79. The summed E-state index contributed by atoms with van der Waals surface area (Å²) in [5, 5.41) is 0. The molecule has 3 rings (SSSR count). The summed E-state index contributed by atoms with van der Waals surface area (Å²) < 4.78 is 30.4. The van der Waals surface area contributed by atoms with Crippen LogP contribution in [0.15, 0.2) is 41.1 Å². The number of benzene rings is 1. The standard InChI is InChI=1S/C19H18BrFN2O5/c1-26-19(25)12-7-13(9-22-8-12)28-11-14-10-23(5-6-27-14)18(24)15-3-2-4-16(20)17(15)21/h2-4,7-9,14H,5-6,10-11H2,1H3. The number of hydrogen-bond donors (Lipinski definition) is 0. The molecule has 28 heavy (non-hydrogen) atoms. The first-order valence-electron chi connectivity index (χ1n) is 8.50. The molecule has 0 spiro atoms. The second-order valence-corrected chi connectivity index (χ2v) is 6.91. The van der Waals surface area contributed by atoms with Crippen LogP contribution in [-0.2, 0) is 9.47 Å². The number of carbonyl (C=O) groups is 2. The number of hydrogen-bond acceptors (Lipinski definition) is 6. The van der Waals surface area contributed by atoms with Gasteiger partial charge in [0, 0.05) is 12.7 Å². The average molecular weight is 453 g/mol. The number of carbonyl (C=O) groups excluding carboxylic acids is 2. The van der Waals surface area contributed by atoms with E-state index in [1.165, 1.54) is 36.5 Å². The number of aromatic nitrogens is 1. The summed E-state index contributed by atoms with van der Waals surface area (Å²) in [6, 6.07) is 6.12. The highest BCUT2D eigenvalue weighted by Crippen LogP contribution is 2.21. The predicted octanol–water partition coefficient (Wildman–Crippen LogP) is 2.69. The van der Waals surface area contributed by atoms with Crippen molar-refractivity contribution in [3.05, 3.63) is 58.1 Å². The Morgan fingerprint density at radius 1 is 1.39 bits per heavy atom. The van der Waals surface area contributed by atoms with Crippen LogP contribution in [0.2, 0.25) is 0 Å². The molecule has 7 nitrogen and oxygen atoms in total. The zero-order chi connectivity index (χ0) is 20.1. The van der Waals surface area contributed by atoms with Gasteiger partial charge in [0.05, 0.1) is 42.1 Å². The second-order valence-electron chi connectivity index (χ2n) is 6.06. The molecule has 0 N–H and O–H groups in total. The van der Waals surface area contributed by atoms with Gasteiger partial charge in [-0.3, -0.25) is 9.78 Å². The first kappa shape index (κ1) is 20.2. The fourth-order valence-electron chi connectivity index (χ4n) is 2.76. The van der Waals surface area contributed by atoms with Gasteiger partial charge in [0.2, 0.25) is 0 Å². The molecule has 1 aliphatic rings. The fourth-order valence-corrected chi connectivity index (χ4v) is 3.13. The number of rotatable bonds is 5. The van der Waals surface area contributed by atoms with E-state index in [4.69, 9.17) is 9.47 Å². The van der Waals surface area contributed by atoms with Crippen molar-refractivity contribution in [1.82, 2.24) is 9.88 Å². The molecule has 0 aliphatic carbocycles. The lowest BCUT2D eigenvalue weighted by atomic mass is 10.1. The maximum atomic E-state index is 14.2. The maximum Gasteiger partial charge on any atom is 0.339 e. The van der Waals surface area contributed by atoms with Gasteiger partial charge < -0.3 is 19.1 Å². The third-order valence-electron chi connectivity index (χ3n) is 4.18. The Balaban J connectivity index is 1.62. The van der Waals surface area contributed by atoms with E-state index in [1.54, 1.807) is 12.1 Å². The lowest BCUT2D eigenvalue weighted by Crippen LogP contribution is -2.47. The predicted molar refractivity (Wildman–Crippen MR) is 101 cm³/mol. The number of ether oxygens (including phenoxy) is 3. The first-order chi connectivity index (χ1) is 13.5. The van der Waals surface area contributed by atoms with Crippen LogP contribution in [0.4, 0.5) is 4.39 Å². The Kier molecular flexibility index (Phi) is 6.58. The molecular formula is C19H18BrFN2O5. The molecule has 1 fully saturated rings. The van der Waals surface area contributed by atoms with Gasteiger partial charge in [0.1, 0.15) is 24.3 Å². The minimum atomic E-state index is -0.586. The number of esters is 1. The van der Waals surface area contributed by atoms with Crippen LogP contribution >= 0.6 is 15.9 Å². The lowest BCUT2D eigenvalue weighted by Gasteiger charge is -2.33. The number of halogens is 2. The molecular weight excluding hydrogens is 435 g/mol. The van der Waals surface area contributed by atoms with Crippen molar-refractivity contribution in [2.24, 2.45) is 0 Å². The van der Waals surface area contributed by atoms with E-state index in [0.717, 1.165) is 0 Å². The molecule has 0 radical (unpaired) electrons. The largest absolute Gasteiger partial charge is 0.489 e. The van der Waals surface area contributed by atoms with Crippen molar-refractivity contribution < 1.29 is 28.2 Å². The summed E-state index contributed by atoms with van der Waals surface area (Å²) in [6.07, 6.45) is 2.45. The number of amides is 1. The second kappa shape index (κ2) is 9.11. The number of methoxy groups -OCH3 is 1. The van der Waals surface area contributed by atoms with Crippen LogP contribution in [-0.4, -0.2) is 61.3 Å². The monoisotopic (exact) mass is 452 g/mol. The summed E-state index contributed by atoms with van der Waals surface area (Å²) in [4.78, 5) is 29.7. The molecule has 1 aromatic heterocycles. The smallest absolute Gasteiger partial charge is 0.339 e. The van der Waals surface area contributed by atoms with Gasteiger partial charge in [0.15, 0.2) is 0 Å². The summed E-state index contributed by atoms with van der Waals surface area (Å²) in [6.45, 7) is 1.09. The molecule has 2 heterocycles. The Labute approximate surface area is 169 Å². The van der Waals surface area contributed by atoms with E-state index in [-0.39, 0.29) is 28.8 Å².